The van der Waals surface area contributed by atoms with Crippen molar-refractivity contribution in [3.63, 3.8) is 0 Å². The molecule has 12 heteroatoms. The summed E-state index contributed by atoms with van der Waals surface area (Å²) in [5.41, 5.74) is 1.09. The van der Waals surface area contributed by atoms with E-state index in [9.17, 15) is 22.0 Å². The topological polar surface area (TPSA) is 77.2 Å². The zero-order chi connectivity index (χ0) is 22.8. The van der Waals surface area contributed by atoms with Crippen molar-refractivity contribution in [2.45, 2.75) is 24.9 Å². The number of halogens is 5. The van der Waals surface area contributed by atoms with Gasteiger partial charge < -0.3 is 9.26 Å². The molecule has 3 aromatic rings. The Morgan fingerprint density at radius 3 is 2.41 bits per heavy atom. The molecule has 0 unspecified atom stereocenters. The summed E-state index contributed by atoms with van der Waals surface area (Å²) < 4.78 is 74.5. The number of rotatable bonds is 6. The molecule has 170 valence electrons. The Hall–Kier alpha value is -3.15. The van der Waals surface area contributed by atoms with Crippen LogP contribution in [0.2, 0.25) is 0 Å². The molecule has 1 aliphatic heterocycles. The highest BCUT2D eigenvalue weighted by Crippen LogP contribution is 2.30. The Labute approximate surface area is 179 Å². The van der Waals surface area contributed by atoms with Crippen molar-refractivity contribution >= 4 is 0 Å². The van der Waals surface area contributed by atoms with Crippen LogP contribution in [-0.2, 0) is 6.18 Å². The summed E-state index contributed by atoms with van der Waals surface area (Å²) in [4.78, 5) is 13.7. The molecular weight excluding hydrogens is 437 g/mol. The van der Waals surface area contributed by atoms with Crippen molar-refractivity contribution in [2.75, 3.05) is 26.2 Å². The van der Waals surface area contributed by atoms with Crippen molar-refractivity contribution < 1.29 is 31.2 Å². The maximum atomic E-state index is 13.2. The summed E-state index contributed by atoms with van der Waals surface area (Å²) in [6.07, 6.45) is -2.13. The molecule has 1 fully saturated rings. The number of ether oxygens (including phenoxy) is 1. The van der Waals surface area contributed by atoms with Crippen molar-refractivity contribution in [3.8, 4) is 28.5 Å². The Balaban J connectivity index is 1.41. The predicted octanol–water partition coefficient (Wildman–Crippen LogP) is 4.32. The molecule has 4 heterocycles. The van der Waals surface area contributed by atoms with Crippen LogP contribution < -0.4 is 4.74 Å². The van der Waals surface area contributed by atoms with E-state index in [1.807, 2.05) is 4.90 Å². The minimum Gasteiger partial charge on any atom is -0.492 e. The molecule has 32 heavy (non-hydrogen) atoms. The van der Waals surface area contributed by atoms with E-state index in [1.54, 1.807) is 12.1 Å². The average Bonchev–Trinajstić information content (AvgIpc) is 3.26. The van der Waals surface area contributed by atoms with Crippen LogP contribution in [0, 0.1) is 0 Å². The standard InChI is InChI=1S/C20H18F5N5O2/c21-19(22)3-7-30(8-4-19)9-10-31-14-2-6-27-16(12-14)15-11-13(1-5-26-15)17-28-18(32-29-17)20(23,24)25/h1-2,5-6,11-12H,3-4,7-10H2. The lowest BCUT2D eigenvalue weighted by atomic mass is 10.1. The third-order valence-corrected chi connectivity index (χ3v) is 4.94. The molecule has 7 nitrogen and oxygen atoms in total. The van der Waals surface area contributed by atoms with Crippen LogP contribution in [0.15, 0.2) is 41.2 Å². The number of hydrogen-bond donors (Lipinski definition) is 0. The van der Waals surface area contributed by atoms with Crippen LogP contribution >= 0.6 is 0 Å². The minimum atomic E-state index is -4.73. The number of likely N-dealkylation sites (tertiary alicyclic amines) is 1. The second-order valence-corrected chi connectivity index (χ2v) is 7.27. The number of aromatic nitrogens is 4. The molecule has 0 saturated carbocycles. The molecule has 0 aromatic carbocycles. The van der Waals surface area contributed by atoms with Gasteiger partial charge in [0, 0.05) is 56.5 Å². The lowest BCUT2D eigenvalue weighted by Crippen LogP contribution is -2.41. The Bertz CT molecular complexity index is 1060. The second kappa shape index (κ2) is 8.77. The highest BCUT2D eigenvalue weighted by Gasteiger charge is 2.38. The summed E-state index contributed by atoms with van der Waals surface area (Å²) in [5.74, 6) is -3.74. The lowest BCUT2D eigenvalue weighted by Gasteiger charge is -2.31. The smallest absolute Gasteiger partial charge is 0.471 e. The van der Waals surface area contributed by atoms with Crippen molar-refractivity contribution in [3.05, 3.63) is 42.5 Å². The van der Waals surface area contributed by atoms with Gasteiger partial charge in [0.05, 0.1) is 11.4 Å². The van der Waals surface area contributed by atoms with E-state index in [0.717, 1.165) is 0 Å². The fraction of sp³-hybridized carbons (Fsp3) is 0.400. The van der Waals surface area contributed by atoms with Crippen molar-refractivity contribution in [2.24, 2.45) is 0 Å². The predicted molar refractivity (Wildman–Crippen MR) is 102 cm³/mol. The molecule has 3 aromatic heterocycles. The molecule has 1 aliphatic rings. The number of alkyl halides is 5. The number of pyridine rings is 2. The highest BCUT2D eigenvalue weighted by molar-refractivity contribution is 5.64. The van der Waals surface area contributed by atoms with Gasteiger partial charge in [-0.25, -0.2) is 8.78 Å². The van der Waals surface area contributed by atoms with E-state index in [4.69, 9.17) is 4.74 Å². The van der Waals surface area contributed by atoms with Crippen molar-refractivity contribution in [1.82, 2.24) is 25.0 Å². The molecule has 0 spiro atoms. The van der Waals surface area contributed by atoms with E-state index >= 15 is 0 Å². The number of piperidine rings is 1. The normalized spacial score (nSPS) is 16.8. The van der Waals surface area contributed by atoms with Gasteiger partial charge in [0.1, 0.15) is 12.4 Å². The van der Waals surface area contributed by atoms with Gasteiger partial charge in [-0.1, -0.05) is 5.16 Å². The maximum Gasteiger partial charge on any atom is 0.471 e. The van der Waals surface area contributed by atoms with E-state index in [2.05, 4.69) is 24.6 Å². The first-order valence-electron chi connectivity index (χ1n) is 9.76. The van der Waals surface area contributed by atoms with E-state index in [-0.39, 0.29) is 24.2 Å². The van der Waals surface area contributed by atoms with Crippen LogP contribution in [0.1, 0.15) is 18.7 Å². The lowest BCUT2D eigenvalue weighted by molar-refractivity contribution is -0.159. The van der Waals surface area contributed by atoms with Crippen LogP contribution in [-0.4, -0.2) is 57.2 Å². The zero-order valence-corrected chi connectivity index (χ0v) is 16.6. The molecule has 0 amide bonds. The molecule has 0 atom stereocenters. The summed E-state index contributed by atoms with van der Waals surface area (Å²) in [6.45, 7) is 1.47. The second-order valence-electron chi connectivity index (χ2n) is 7.27. The molecular formula is C20H18F5N5O2. The van der Waals surface area contributed by atoms with Gasteiger partial charge in [-0.2, -0.15) is 18.2 Å². The maximum absolute atomic E-state index is 13.2. The molecule has 0 aliphatic carbocycles. The van der Waals surface area contributed by atoms with Gasteiger partial charge in [0.2, 0.25) is 5.82 Å². The van der Waals surface area contributed by atoms with Crippen LogP contribution in [0.4, 0.5) is 22.0 Å². The minimum absolute atomic E-state index is 0.154. The first-order valence-corrected chi connectivity index (χ1v) is 9.76. The molecule has 1 saturated heterocycles. The van der Waals surface area contributed by atoms with E-state index < -0.39 is 18.0 Å². The van der Waals surface area contributed by atoms with E-state index in [0.29, 0.717) is 43.4 Å². The fourth-order valence-electron chi connectivity index (χ4n) is 3.20. The summed E-state index contributed by atoms with van der Waals surface area (Å²) in [7, 11) is 0. The Morgan fingerprint density at radius 1 is 1.03 bits per heavy atom. The van der Waals surface area contributed by atoms with E-state index in [1.165, 1.54) is 24.5 Å². The molecule has 0 N–H and O–H groups in total. The SMILES string of the molecule is FC1(F)CCN(CCOc2ccnc(-c3cc(-c4noc(C(F)(F)F)n4)ccn3)c2)CC1. The molecule has 0 bridgehead atoms. The Morgan fingerprint density at radius 2 is 1.72 bits per heavy atom. The van der Waals surface area contributed by atoms with Gasteiger partial charge in [-0.15, -0.1) is 0 Å². The number of hydrogen-bond acceptors (Lipinski definition) is 7. The highest BCUT2D eigenvalue weighted by atomic mass is 19.4. The average molecular weight is 455 g/mol. The van der Waals surface area contributed by atoms with Gasteiger partial charge in [-0.05, 0) is 18.2 Å². The molecule has 0 radical (unpaired) electrons. The fourth-order valence-corrected chi connectivity index (χ4v) is 3.20. The number of nitrogens with zero attached hydrogens (tertiary/aromatic N) is 5. The summed E-state index contributed by atoms with van der Waals surface area (Å²) in [5, 5.41) is 3.37. The monoisotopic (exact) mass is 455 g/mol. The summed E-state index contributed by atoms with van der Waals surface area (Å²) >= 11 is 0. The van der Waals surface area contributed by atoms with Crippen molar-refractivity contribution in [1.29, 1.82) is 0 Å². The molecule has 4 rings (SSSR count). The van der Waals surface area contributed by atoms with Crippen LogP contribution in [0.3, 0.4) is 0 Å². The quantitative estimate of drug-likeness (QED) is 0.513. The summed E-state index contributed by atoms with van der Waals surface area (Å²) in [6, 6.07) is 6.22. The van der Waals surface area contributed by atoms with Gasteiger partial charge in [-0.3, -0.25) is 14.9 Å². The Kier molecular flexibility index (Phi) is 6.04. The van der Waals surface area contributed by atoms with Crippen LogP contribution in [0.25, 0.3) is 22.8 Å². The zero-order valence-electron chi connectivity index (χ0n) is 16.6. The third-order valence-electron chi connectivity index (χ3n) is 4.94. The van der Waals surface area contributed by atoms with Gasteiger partial charge >= 0.3 is 12.1 Å². The largest absolute Gasteiger partial charge is 0.492 e. The van der Waals surface area contributed by atoms with Gasteiger partial charge in [0.15, 0.2) is 0 Å². The van der Waals surface area contributed by atoms with Crippen LogP contribution in [0.5, 0.6) is 5.75 Å². The third kappa shape index (κ3) is 5.36. The first-order chi connectivity index (χ1) is 15.2. The first kappa shape index (κ1) is 22.1. The van der Waals surface area contributed by atoms with Gasteiger partial charge in [0.25, 0.3) is 5.92 Å².